The number of sulfonamides is 1. The summed E-state index contributed by atoms with van der Waals surface area (Å²) in [7, 11) is -3.79. The predicted molar refractivity (Wildman–Crippen MR) is 148 cm³/mol. The van der Waals surface area contributed by atoms with Crippen molar-refractivity contribution in [2.24, 2.45) is 0 Å². The van der Waals surface area contributed by atoms with Crippen LogP contribution in [0.4, 0.5) is 11.4 Å². The number of anilines is 2. The second-order valence-corrected chi connectivity index (χ2v) is 10.4. The number of thiocarbonyl (C=S) groups is 1. The summed E-state index contributed by atoms with van der Waals surface area (Å²) in [5.41, 5.74) is 2.08. The summed E-state index contributed by atoms with van der Waals surface area (Å²) in [5.74, 6) is 0.776. The maximum Gasteiger partial charge on any atom is 0.264 e. The van der Waals surface area contributed by atoms with Gasteiger partial charge in [-0.2, -0.15) is 0 Å². The monoisotopic (exact) mass is 591 g/mol. The van der Waals surface area contributed by atoms with E-state index in [9.17, 15) is 13.2 Å². The van der Waals surface area contributed by atoms with E-state index in [0.29, 0.717) is 29.5 Å². The molecule has 0 aliphatic heterocycles. The van der Waals surface area contributed by atoms with Gasteiger partial charge in [0.2, 0.25) is 0 Å². The molecule has 0 unspecified atom stereocenters. The molecule has 0 aromatic heterocycles. The molecule has 11 heteroatoms. The van der Waals surface area contributed by atoms with Crippen molar-refractivity contribution >= 4 is 60.6 Å². The van der Waals surface area contributed by atoms with Gasteiger partial charge in [0.25, 0.3) is 15.9 Å². The van der Waals surface area contributed by atoms with Crippen molar-refractivity contribution in [3.8, 4) is 11.5 Å². The van der Waals surface area contributed by atoms with Gasteiger partial charge in [-0.25, -0.2) is 8.42 Å². The number of carbonyl (C=O) groups is 1. The highest BCUT2D eigenvalue weighted by Crippen LogP contribution is 2.26. The Labute approximate surface area is 224 Å². The first-order chi connectivity index (χ1) is 17.2. The Hall–Kier alpha value is -3.15. The minimum absolute atomic E-state index is 0.0621. The fraction of sp³-hybridized carbons (Fsp3) is 0.200. The van der Waals surface area contributed by atoms with Crippen LogP contribution in [0.1, 0.15) is 19.4 Å². The van der Waals surface area contributed by atoms with Gasteiger partial charge in [0.1, 0.15) is 11.5 Å². The Morgan fingerprint density at radius 2 is 1.61 bits per heavy atom. The number of rotatable bonds is 10. The zero-order valence-corrected chi connectivity index (χ0v) is 22.9. The molecule has 0 fully saturated rings. The lowest BCUT2D eigenvalue weighted by molar-refractivity contribution is -0.121. The Morgan fingerprint density at radius 3 is 2.22 bits per heavy atom. The average molecular weight is 593 g/mol. The van der Waals surface area contributed by atoms with Crippen molar-refractivity contribution < 1.29 is 22.7 Å². The van der Waals surface area contributed by atoms with E-state index in [0.717, 1.165) is 16.5 Å². The van der Waals surface area contributed by atoms with Gasteiger partial charge in [-0.15, -0.1) is 0 Å². The minimum Gasteiger partial charge on any atom is -0.494 e. The number of amides is 1. The summed E-state index contributed by atoms with van der Waals surface area (Å²) < 4.78 is 39.5. The third-order valence-corrected chi connectivity index (χ3v) is 7.08. The number of hydrogen-bond acceptors (Lipinski definition) is 6. The molecule has 190 valence electrons. The number of benzene rings is 3. The standard InChI is InChI=1S/C25H26BrN3O5S2/c1-3-17-5-14-23(22(26)15-17)34-16-24(30)28-25(35)27-18-8-12-21(13-9-18)36(31,32)29-19-6-10-20(11-7-19)33-4-2/h5-15,29H,3-4,16H2,1-2H3,(H2,27,28,30,35). The zero-order chi connectivity index (χ0) is 26.1. The molecule has 8 nitrogen and oxygen atoms in total. The van der Waals surface area contributed by atoms with E-state index in [2.05, 4.69) is 38.2 Å². The molecular weight excluding hydrogens is 566 g/mol. The van der Waals surface area contributed by atoms with Crippen LogP contribution in [0.25, 0.3) is 0 Å². The molecule has 3 aromatic carbocycles. The van der Waals surface area contributed by atoms with Crippen LogP contribution < -0.4 is 24.8 Å². The van der Waals surface area contributed by atoms with E-state index in [1.807, 2.05) is 19.1 Å². The lowest BCUT2D eigenvalue weighted by Crippen LogP contribution is -2.37. The summed E-state index contributed by atoms with van der Waals surface area (Å²) in [4.78, 5) is 12.3. The van der Waals surface area contributed by atoms with Crippen molar-refractivity contribution in [2.45, 2.75) is 25.2 Å². The third kappa shape index (κ3) is 7.94. The summed E-state index contributed by atoms with van der Waals surface area (Å²) in [6, 6.07) is 18.3. The van der Waals surface area contributed by atoms with E-state index in [1.165, 1.54) is 12.1 Å². The zero-order valence-electron chi connectivity index (χ0n) is 19.7. The maximum atomic E-state index is 12.7. The number of nitrogens with one attached hydrogen (secondary N) is 3. The molecule has 36 heavy (non-hydrogen) atoms. The normalized spacial score (nSPS) is 10.9. The van der Waals surface area contributed by atoms with Gasteiger partial charge in [0.05, 0.1) is 16.0 Å². The summed E-state index contributed by atoms with van der Waals surface area (Å²) in [6.45, 7) is 4.23. The maximum absolute atomic E-state index is 12.7. The highest BCUT2D eigenvalue weighted by Gasteiger charge is 2.15. The van der Waals surface area contributed by atoms with Crippen LogP contribution >= 0.6 is 28.1 Å². The van der Waals surface area contributed by atoms with Gasteiger partial charge in [-0.05, 0) is 108 Å². The Kier molecular flexibility index (Phi) is 9.68. The molecule has 0 saturated carbocycles. The smallest absolute Gasteiger partial charge is 0.264 e. The van der Waals surface area contributed by atoms with Crippen molar-refractivity contribution in [2.75, 3.05) is 23.3 Å². The molecular formula is C25H26BrN3O5S2. The van der Waals surface area contributed by atoms with Crippen molar-refractivity contribution in [3.05, 3.63) is 76.8 Å². The van der Waals surface area contributed by atoms with E-state index in [1.54, 1.807) is 42.5 Å². The second-order valence-electron chi connectivity index (χ2n) is 7.50. The minimum atomic E-state index is -3.79. The van der Waals surface area contributed by atoms with Crippen LogP contribution in [0.5, 0.6) is 11.5 Å². The Balaban J connectivity index is 1.51. The van der Waals surface area contributed by atoms with Gasteiger partial charge >= 0.3 is 0 Å². The lowest BCUT2D eigenvalue weighted by Gasteiger charge is -2.12. The third-order valence-electron chi connectivity index (χ3n) is 4.86. The summed E-state index contributed by atoms with van der Waals surface area (Å²) in [6.07, 6.45) is 0.894. The first-order valence-electron chi connectivity index (χ1n) is 11.1. The van der Waals surface area contributed by atoms with Crippen LogP contribution in [0.2, 0.25) is 0 Å². The van der Waals surface area contributed by atoms with Gasteiger partial charge in [-0.3, -0.25) is 14.8 Å². The molecule has 3 rings (SSSR count). The van der Waals surface area contributed by atoms with Gasteiger partial charge < -0.3 is 14.8 Å². The number of halogens is 1. The quantitative estimate of drug-likeness (QED) is 0.281. The van der Waals surface area contributed by atoms with Crippen molar-refractivity contribution in [1.29, 1.82) is 0 Å². The Morgan fingerprint density at radius 1 is 0.944 bits per heavy atom. The molecule has 3 aromatic rings. The molecule has 0 aliphatic rings. The number of hydrogen-bond donors (Lipinski definition) is 3. The second kappa shape index (κ2) is 12.7. The molecule has 0 bridgehead atoms. The van der Waals surface area contributed by atoms with Gasteiger partial charge in [0.15, 0.2) is 11.7 Å². The summed E-state index contributed by atoms with van der Waals surface area (Å²) in [5, 5.41) is 5.44. The number of carbonyl (C=O) groups excluding carboxylic acids is 1. The largest absolute Gasteiger partial charge is 0.494 e. The predicted octanol–water partition coefficient (Wildman–Crippen LogP) is 5.10. The summed E-state index contributed by atoms with van der Waals surface area (Å²) >= 11 is 8.61. The van der Waals surface area contributed by atoms with Crippen LogP contribution in [-0.2, 0) is 21.2 Å². The molecule has 0 atom stereocenters. The number of aryl methyl sites for hydroxylation is 1. The highest BCUT2D eigenvalue weighted by atomic mass is 79.9. The molecule has 0 spiro atoms. The lowest BCUT2D eigenvalue weighted by atomic mass is 10.2. The van der Waals surface area contributed by atoms with E-state index >= 15 is 0 Å². The van der Waals surface area contributed by atoms with E-state index in [-0.39, 0.29) is 16.6 Å². The topological polar surface area (TPSA) is 106 Å². The molecule has 1 amide bonds. The molecule has 0 radical (unpaired) electrons. The molecule has 3 N–H and O–H groups in total. The van der Waals surface area contributed by atoms with Gasteiger partial charge in [0, 0.05) is 11.4 Å². The molecule has 0 aliphatic carbocycles. The van der Waals surface area contributed by atoms with Crippen LogP contribution in [0, 0.1) is 0 Å². The fourth-order valence-corrected chi connectivity index (χ4v) is 4.90. The van der Waals surface area contributed by atoms with E-state index in [4.69, 9.17) is 21.7 Å². The van der Waals surface area contributed by atoms with Crippen molar-refractivity contribution in [3.63, 3.8) is 0 Å². The average Bonchev–Trinajstić information content (AvgIpc) is 2.84. The van der Waals surface area contributed by atoms with Crippen molar-refractivity contribution in [1.82, 2.24) is 5.32 Å². The van der Waals surface area contributed by atoms with Gasteiger partial charge in [-0.1, -0.05) is 13.0 Å². The molecule has 0 heterocycles. The SMILES string of the molecule is CCOc1ccc(NS(=O)(=O)c2ccc(NC(=S)NC(=O)COc3ccc(CC)cc3Br)cc2)cc1. The van der Waals surface area contributed by atoms with E-state index < -0.39 is 15.9 Å². The molecule has 0 saturated heterocycles. The first kappa shape index (κ1) is 27.4. The van der Waals surface area contributed by atoms with Crippen LogP contribution in [0.3, 0.4) is 0 Å². The fourth-order valence-electron chi connectivity index (χ4n) is 3.07. The number of ether oxygens (including phenoxy) is 2. The highest BCUT2D eigenvalue weighted by molar-refractivity contribution is 9.10. The first-order valence-corrected chi connectivity index (χ1v) is 13.8. The van der Waals surface area contributed by atoms with Crippen LogP contribution in [-0.4, -0.2) is 32.7 Å². The Bertz CT molecular complexity index is 1310. The van der Waals surface area contributed by atoms with Crippen LogP contribution in [0.15, 0.2) is 76.1 Å².